The number of fused-ring (bicyclic) bond motifs is 1. The van der Waals surface area contributed by atoms with Gasteiger partial charge in [0.25, 0.3) is 0 Å². The van der Waals surface area contributed by atoms with E-state index >= 15 is 0 Å². The molecule has 1 unspecified atom stereocenters. The molecule has 4 heteroatoms. The summed E-state index contributed by atoms with van der Waals surface area (Å²) in [4.78, 5) is 21.9. The molecule has 2 rings (SSSR count). The number of alkyl carbamates (subject to hydrolysis) is 1. The lowest BCUT2D eigenvalue weighted by Gasteiger charge is -2.24. The molecule has 0 radical (unpaired) electrons. The largest absolute Gasteiger partial charge is 0.419 e. The summed E-state index contributed by atoms with van der Waals surface area (Å²) in [5.41, 5.74) is 0. The zero-order chi connectivity index (χ0) is 8.55. The van der Waals surface area contributed by atoms with Gasteiger partial charge in [0.15, 0.2) is 0 Å². The summed E-state index contributed by atoms with van der Waals surface area (Å²) >= 11 is 0. The van der Waals surface area contributed by atoms with Crippen molar-refractivity contribution in [2.75, 3.05) is 0 Å². The molecule has 2 aliphatic rings. The summed E-state index contributed by atoms with van der Waals surface area (Å²) in [6, 6.07) is 0. The quantitative estimate of drug-likeness (QED) is 0.575. The second-order valence-electron chi connectivity index (χ2n) is 2.66. The van der Waals surface area contributed by atoms with Gasteiger partial charge < -0.3 is 4.74 Å². The highest BCUT2D eigenvalue weighted by Crippen LogP contribution is 2.24. The first kappa shape index (κ1) is 7.09. The Morgan fingerprint density at radius 2 is 2.33 bits per heavy atom. The van der Waals surface area contributed by atoms with Crippen LogP contribution in [0.25, 0.3) is 0 Å². The first-order valence-corrected chi connectivity index (χ1v) is 3.67. The van der Waals surface area contributed by atoms with Crippen LogP contribution >= 0.6 is 0 Å². The zero-order valence-electron chi connectivity index (χ0n) is 6.24. The van der Waals surface area contributed by atoms with Crippen molar-refractivity contribution in [1.82, 2.24) is 5.32 Å². The van der Waals surface area contributed by atoms with Crippen molar-refractivity contribution < 1.29 is 14.3 Å². The molecule has 62 valence electrons. The molecule has 1 heterocycles. The van der Waals surface area contributed by atoms with Crippen LogP contribution in [0.2, 0.25) is 0 Å². The van der Waals surface area contributed by atoms with E-state index in [-0.39, 0.29) is 11.8 Å². The molecule has 0 spiro atoms. The van der Waals surface area contributed by atoms with Gasteiger partial charge in [-0.1, -0.05) is 12.2 Å². The lowest BCUT2D eigenvalue weighted by molar-refractivity contribution is -0.125. The van der Waals surface area contributed by atoms with Gasteiger partial charge in [0.1, 0.15) is 11.7 Å². The van der Waals surface area contributed by atoms with E-state index in [4.69, 9.17) is 4.74 Å². The van der Waals surface area contributed by atoms with Gasteiger partial charge in [-0.25, -0.2) is 4.79 Å². The van der Waals surface area contributed by atoms with Crippen LogP contribution in [-0.2, 0) is 9.53 Å². The maximum atomic E-state index is 11.2. The molecule has 1 atom stereocenters. The molecule has 0 aromatic heterocycles. The Morgan fingerprint density at radius 3 is 3.17 bits per heavy atom. The fourth-order valence-corrected chi connectivity index (χ4v) is 1.27. The number of hydrogen-bond acceptors (Lipinski definition) is 3. The molecule has 1 fully saturated rings. The Bertz CT molecular complexity index is 303. The van der Waals surface area contributed by atoms with E-state index in [2.05, 4.69) is 5.32 Å². The number of ether oxygens (including phenoxy) is 1. The topological polar surface area (TPSA) is 55.4 Å². The number of nitrogens with one attached hydrogen (secondary N) is 1. The molecular weight excluding hydrogens is 158 g/mol. The van der Waals surface area contributed by atoms with Crippen LogP contribution in [0.3, 0.4) is 0 Å². The smallest absolute Gasteiger partial charge is 0.414 e. The van der Waals surface area contributed by atoms with Crippen LogP contribution in [0.4, 0.5) is 4.79 Å². The number of imide groups is 1. The van der Waals surface area contributed by atoms with E-state index in [1.165, 1.54) is 0 Å². The van der Waals surface area contributed by atoms with E-state index in [1.807, 2.05) is 6.08 Å². The summed E-state index contributed by atoms with van der Waals surface area (Å²) in [5, 5.41) is 2.10. The van der Waals surface area contributed by atoms with Gasteiger partial charge in [-0.2, -0.15) is 0 Å². The molecule has 0 aromatic rings. The standard InChI is InChI=1S/C8H7NO3/c10-7-5-3-1-2-4-6(5)12-8(11)9-7/h1-2,4-5H,3H2,(H,9,10,11). The van der Waals surface area contributed by atoms with Crippen molar-refractivity contribution in [3.8, 4) is 0 Å². The summed E-state index contributed by atoms with van der Waals surface area (Å²) in [7, 11) is 0. The maximum Gasteiger partial charge on any atom is 0.419 e. The van der Waals surface area contributed by atoms with Gasteiger partial charge in [-0.3, -0.25) is 10.1 Å². The fraction of sp³-hybridized carbons (Fsp3) is 0.250. The third kappa shape index (κ3) is 1.01. The van der Waals surface area contributed by atoms with Gasteiger partial charge in [0.2, 0.25) is 5.91 Å². The van der Waals surface area contributed by atoms with E-state index in [0.717, 1.165) is 0 Å². The Labute approximate surface area is 68.9 Å². The lowest BCUT2D eigenvalue weighted by atomic mass is 9.97. The first-order valence-electron chi connectivity index (χ1n) is 3.67. The van der Waals surface area contributed by atoms with Crippen molar-refractivity contribution in [2.45, 2.75) is 6.42 Å². The van der Waals surface area contributed by atoms with Crippen LogP contribution < -0.4 is 5.32 Å². The van der Waals surface area contributed by atoms with Crippen LogP contribution in [0.15, 0.2) is 24.0 Å². The van der Waals surface area contributed by atoms with Gasteiger partial charge >= 0.3 is 6.09 Å². The predicted molar refractivity (Wildman–Crippen MR) is 40.0 cm³/mol. The summed E-state index contributed by atoms with van der Waals surface area (Å²) in [6.07, 6.45) is 5.21. The molecule has 0 saturated carbocycles. The molecule has 12 heavy (non-hydrogen) atoms. The Kier molecular flexibility index (Phi) is 1.46. The lowest BCUT2D eigenvalue weighted by Crippen LogP contribution is -2.43. The fourth-order valence-electron chi connectivity index (χ4n) is 1.27. The second-order valence-corrected chi connectivity index (χ2v) is 2.66. The van der Waals surface area contributed by atoms with E-state index in [1.54, 1.807) is 12.2 Å². The maximum absolute atomic E-state index is 11.2. The Hall–Kier alpha value is -1.58. The zero-order valence-corrected chi connectivity index (χ0v) is 6.24. The Morgan fingerprint density at radius 1 is 1.50 bits per heavy atom. The number of hydrogen-bond donors (Lipinski definition) is 1. The average molecular weight is 165 g/mol. The van der Waals surface area contributed by atoms with Crippen LogP contribution in [0, 0.1) is 5.92 Å². The van der Waals surface area contributed by atoms with Crippen LogP contribution in [0.1, 0.15) is 6.42 Å². The van der Waals surface area contributed by atoms with Crippen molar-refractivity contribution in [3.63, 3.8) is 0 Å². The number of amides is 2. The molecule has 1 N–H and O–H groups in total. The minimum absolute atomic E-state index is 0.276. The second kappa shape index (κ2) is 2.48. The molecule has 2 amide bonds. The predicted octanol–water partition coefficient (Wildman–Crippen LogP) is 0.713. The molecule has 0 bridgehead atoms. The molecule has 1 aliphatic carbocycles. The van der Waals surface area contributed by atoms with Gasteiger partial charge in [0, 0.05) is 0 Å². The van der Waals surface area contributed by atoms with Gasteiger partial charge in [-0.15, -0.1) is 0 Å². The van der Waals surface area contributed by atoms with E-state index < -0.39 is 6.09 Å². The molecule has 4 nitrogen and oxygen atoms in total. The highest BCUT2D eigenvalue weighted by molar-refractivity contribution is 5.97. The van der Waals surface area contributed by atoms with Crippen LogP contribution in [-0.4, -0.2) is 12.0 Å². The van der Waals surface area contributed by atoms with Gasteiger partial charge in [0.05, 0.1) is 0 Å². The van der Waals surface area contributed by atoms with Gasteiger partial charge in [-0.05, 0) is 12.5 Å². The summed E-state index contributed by atoms with van der Waals surface area (Å²) in [6.45, 7) is 0. The monoisotopic (exact) mass is 165 g/mol. The Balaban J connectivity index is 2.30. The third-order valence-corrected chi connectivity index (χ3v) is 1.86. The van der Waals surface area contributed by atoms with E-state index in [9.17, 15) is 9.59 Å². The number of allylic oxidation sites excluding steroid dienone is 3. The highest BCUT2D eigenvalue weighted by atomic mass is 16.6. The number of rotatable bonds is 0. The number of carbonyl (C=O) groups is 2. The molecular formula is C8H7NO3. The first-order chi connectivity index (χ1) is 5.77. The summed E-state index contributed by atoms with van der Waals surface area (Å²) in [5.74, 6) is -0.138. The van der Waals surface area contributed by atoms with E-state index in [0.29, 0.717) is 12.2 Å². The minimum Gasteiger partial charge on any atom is -0.414 e. The molecule has 1 saturated heterocycles. The normalized spacial score (nSPS) is 27.0. The molecule has 1 aliphatic heterocycles. The average Bonchev–Trinajstić information content (AvgIpc) is 2.04. The minimum atomic E-state index is -0.683. The van der Waals surface area contributed by atoms with Crippen LogP contribution in [0.5, 0.6) is 0 Å². The van der Waals surface area contributed by atoms with Crippen molar-refractivity contribution in [3.05, 3.63) is 24.0 Å². The van der Waals surface area contributed by atoms with Crippen molar-refractivity contribution in [1.29, 1.82) is 0 Å². The third-order valence-electron chi connectivity index (χ3n) is 1.86. The van der Waals surface area contributed by atoms with Crippen molar-refractivity contribution in [2.24, 2.45) is 5.92 Å². The van der Waals surface area contributed by atoms with Crippen molar-refractivity contribution >= 4 is 12.0 Å². The summed E-state index contributed by atoms with van der Waals surface area (Å²) < 4.78 is 4.80. The molecule has 0 aromatic carbocycles. The SMILES string of the molecule is O=C1NC(=O)C2CC=CC=C2O1. The highest BCUT2D eigenvalue weighted by Gasteiger charge is 2.32. The number of carbonyl (C=O) groups excluding carboxylic acids is 2.